The fourth-order valence-corrected chi connectivity index (χ4v) is 8.36. The van der Waals surface area contributed by atoms with Crippen molar-refractivity contribution in [3.05, 3.63) is 200 Å². The normalized spacial score (nSPS) is 11.7. The Kier molecular flexibility index (Phi) is 6.82. The van der Waals surface area contributed by atoms with E-state index in [2.05, 4.69) is 202 Å². The fraction of sp³-hybridized carbons (Fsp3) is 0. The van der Waals surface area contributed by atoms with E-state index in [0.29, 0.717) is 0 Å². The average molecular weight is 692 g/mol. The van der Waals surface area contributed by atoms with Crippen LogP contribution in [0.3, 0.4) is 0 Å². The predicted molar refractivity (Wildman–Crippen MR) is 225 cm³/mol. The largest absolute Gasteiger partial charge is 0.456 e. The van der Waals surface area contributed by atoms with Crippen molar-refractivity contribution in [2.75, 3.05) is 4.90 Å². The van der Waals surface area contributed by atoms with Crippen molar-refractivity contribution in [1.29, 1.82) is 0 Å². The van der Waals surface area contributed by atoms with Gasteiger partial charge in [-0.3, -0.25) is 9.13 Å². The van der Waals surface area contributed by atoms with Crippen LogP contribution in [-0.4, -0.2) is 9.13 Å². The lowest BCUT2D eigenvalue weighted by atomic mass is 10.0. The lowest BCUT2D eigenvalue weighted by molar-refractivity contribution is 0.669. The summed E-state index contributed by atoms with van der Waals surface area (Å²) < 4.78 is 11.1. The van der Waals surface area contributed by atoms with E-state index in [1.807, 2.05) is 12.1 Å². The van der Waals surface area contributed by atoms with Crippen LogP contribution < -0.4 is 4.90 Å². The maximum Gasteiger partial charge on any atom is 0.135 e. The second-order valence-electron chi connectivity index (χ2n) is 13.8. The molecule has 0 saturated carbocycles. The number of aromatic nitrogens is 2. The molecule has 0 atom stereocenters. The van der Waals surface area contributed by atoms with E-state index in [4.69, 9.17) is 4.42 Å². The molecule has 254 valence electrons. The molecular formula is C50H33N3O. The van der Waals surface area contributed by atoms with Gasteiger partial charge < -0.3 is 9.32 Å². The Bertz CT molecular complexity index is 3140. The molecule has 0 aliphatic carbocycles. The summed E-state index contributed by atoms with van der Waals surface area (Å²) in [6, 6.07) is 71.3. The van der Waals surface area contributed by atoms with Crippen LogP contribution in [0.2, 0.25) is 0 Å². The van der Waals surface area contributed by atoms with Crippen LogP contribution in [0.5, 0.6) is 0 Å². The second-order valence-corrected chi connectivity index (χ2v) is 13.8. The van der Waals surface area contributed by atoms with Crippen LogP contribution in [0, 0.1) is 0 Å². The molecule has 0 spiro atoms. The quantitative estimate of drug-likeness (QED) is 0.173. The first-order valence-electron chi connectivity index (χ1n) is 18.4. The van der Waals surface area contributed by atoms with Crippen molar-refractivity contribution in [2.24, 2.45) is 0 Å². The summed E-state index contributed by atoms with van der Waals surface area (Å²) in [5.41, 5.74) is 13.2. The molecule has 0 amide bonds. The number of hydrogen-bond donors (Lipinski definition) is 0. The SMILES string of the molecule is c1ccc(N(c2ccc(-c3cccc4c5c6ccccc6n(-c6ccccc6)c5n(-c5ccccc5)c34)cc2)c2ccc3oc4ccccc4c3c2)cc1. The van der Waals surface area contributed by atoms with Gasteiger partial charge in [-0.1, -0.05) is 121 Å². The number of para-hydroxylation sites is 6. The fourth-order valence-electron chi connectivity index (χ4n) is 8.36. The third-order valence-electron chi connectivity index (χ3n) is 10.7. The van der Waals surface area contributed by atoms with Gasteiger partial charge in [0.15, 0.2) is 0 Å². The van der Waals surface area contributed by atoms with Crippen LogP contribution >= 0.6 is 0 Å². The summed E-state index contributed by atoms with van der Waals surface area (Å²) in [6.07, 6.45) is 0. The van der Waals surface area contributed by atoms with Gasteiger partial charge in [0.05, 0.1) is 11.0 Å². The minimum absolute atomic E-state index is 0.887. The van der Waals surface area contributed by atoms with Crippen molar-refractivity contribution in [1.82, 2.24) is 9.13 Å². The Morgan fingerprint density at radius 2 is 0.963 bits per heavy atom. The Hall–Kier alpha value is -7.30. The third kappa shape index (κ3) is 4.64. The Morgan fingerprint density at radius 1 is 0.389 bits per heavy atom. The Morgan fingerprint density at radius 3 is 1.72 bits per heavy atom. The highest BCUT2D eigenvalue weighted by molar-refractivity contribution is 6.24. The smallest absolute Gasteiger partial charge is 0.135 e. The van der Waals surface area contributed by atoms with Crippen LogP contribution in [0.15, 0.2) is 205 Å². The van der Waals surface area contributed by atoms with Crippen LogP contribution in [0.25, 0.3) is 77.3 Å². The van der Waals surface area contributed by atoms with Gasteiger partial charge >= 0.3 is 0 Å². The Labute approximate surface area is 312 Å². The van der Waals surface area contributed by atoms with Crippen molar-refractivity contribution in [3.63, 3.8) is 0 Å². The number of fused-ring (bicyclic) bond motifs is 8. The lowest BCUT2D eigenvalue weighted by Gasteiger charge is -2.25. The van der Waals surface area contributed by atoms with Gasteiger partial charge in [0.2, 0.25) is 0 Å². The van der Waals surface area contributed by atoms with E-state index in [9.17, 15) is 0 Å². The maximum atomic E-state index is 6.19. The molecule has 0 bridgehead atoms. The van der Waals surface area contributed by atoms with E-state index in [1.54, 1.807) is 0 Å². The molecule has 0 radical (unpaired) electrons. The molecule has 11 rings (SSSR count). The number of rotatable bonds is 6. The first kappa shape index (κ1) is 30.3. The van der Waals surface area contributed by atoms with Gasteiger partial charge in [-0.15, -0.1) is 0 Å². The third-order valence-corrected chi connectivity index (χ3v) is 10.7. The van der Waals surface area contributed by atoms with Gasteiger partial charge in [-0.25, -0.2) is 0 Å². The van der Waals surface area contributed by atoms with E-state index in [1.165, 1.54) is 32.8 Å². The summed E-state index contributed by atoms with van der Waals surface area (Å²) in [6.45, 7) is 0. The monoisotopic (exact) mass is 691 g/mol. The zero-order valence-electron chi connectivity index (χ0n) is 29.3. The van der Waals surface area contributed by atoms with Crippen molar-refractivity contribution >= 4 is 71.8 Å². The van der Waals surface area contributed by atoms with Gasteiger partial charge in [0, 0.05) is 60.9 Å². The molecule has 54 heavy (non-hydrogen) atoms. The van der Waals surface area contributed by atoms with E-state index >= 15 is 0 Å². The molecule has 4 nitrogen and oxygen atoms in total. The van der Waals surface area contributed by atoms with Gasteiger partial charge in [0.1, 0.15) is 16.8 Å². The molecule has 0 unspecified atom stereocenters. The molecule has 0 aliphatic rings. The van der Waals surface area contributed by atoms with Crippen LogP contribution in [-0.2, 0) is 0 Å². The van der Waals surface area contributed by atoms with Crippen molar-refractivity contribution in [2.45, 2.75) is 0 Å². The zero-order chi connectivity index (χ0) is 35.6. The standard InChI is InChI=1S/C50H33N3O/c1-4-15-35(16-5-1)51(39-31-32-47-44(33-39)41-21-11-13-26-46(41)54-47)38-29-27-34(28-30-38)40-23-14-24-43-48-42-22-10-12-25-45(42)52(36-17-6-2-7-18-36)50(48)53(49(40)43)37-19-8-3-9-20-37/h1-33H. The lowest BCUT2D eigenvalue weighted by Crippen LogP contribution is -2.09. The molecule has 3 aromatic heterocycles. The van der Waals surface area contributed by atoms with E-state index < -0.39 is 0 Å². The molecule has 8 aromatic carbocycles. The molecule has 3 heterocycles. The van der Waals surface area contributed by atoms with E-state index in [-0.39, 0.29) is 0 Å². The molecule has 0 fully saturated rings. The van der Waals surface area contributed by atoms with Crippen LogP contribution in [0.4, 0.5) is 17.1 Å². The molecular weight excluding hydrogens is 659 g/mol. The highest BCUT2D eigenvalue weighted by Crippen LogP contribution is 2.45. The zero-order valence-corrected chi connectivity index (χ0v) is 29.3. The number of anilines is 3. The number of hydrogen-bond acceptors (Lipinski definition) is 2. The summed E-state index contributed by atoms with van der Waals surface area (Å²) in [7, 11) is 0. The summed E-state index contributed by atoms with van der Waals surface area (Å²) >= 11 is 0. The first-order valence-corrected chi connectivity index (χ1v) is 18.4. The summed E-state index contributed by atoms with van der Waals surface area (Å²) in [4.78, 5) is 2.32. The minimum atomic E-state index is 0.887. The van der Waals surface area contributed by atoms with Gasteiger partial charge in [-0.05, 0) is 84.4 Å². The van der Waals surface area contributed by atoms with Crippen molar-refractivity contribution in [3.8, 4) is 22.5 Å². The molecule has 0 N–H and O–H groups in total. The summed E-state index contributed by atoms with van der Waals surface area (Å²) in [5.74, 6) is 0. The van der Waals surface area contributed by atoms with Crippen molar-refractivity contribution < 1.29 is 4.42 Å². The summed E-state index contributed by atoms with van der Waals surface area (Å²) in [5, 5.41) is 5.95. The van der Waals surface area contributed by atoms with Gasteiger partial charge in [-0.2, -0.15) is 0 Å². The van der Waals surface area contributed by atoms with Gasteiger partial charge in [0.25, 0.3) is 0 Å². The second kappa shape index (κ2) is 12.1. The minimum Gasteiger partial charge on any atom is -0.456 e. The molecule has 0 aliphatic heterocycles. The molecule has 4 heteroatoms. The number of benzene rings is 8. The molecule has 0 saturated heterocycles. The average Bonchev–Trinajstić information content (AvgIpc) is 3.90. The predicted octanol–water partition coefficient (Wildman–Crippen LogP) is 13.8. The molecule has 11 aromatic rings. The van der Waals surface area contributed by atoms with E-state index in [0.717, 1.165) is 61.6 Å². The highest BCUT2D eigenvalue weighted by Gasteiger charge is 2.24. The Balaban J connectivity index is 1.13. The highest BCUT2D eigenvalue weighted by atomic mass is 16.3. The number of furan rings is 1. The topological polar surface area (TPSA) is 26.2 Å². The first-order chi connectivity index (χ1) is 26.8. The number of nitrogens with zero attached hydrogens (tertiary/aromatic N) is 3. The maximum absolute atomic E-state index is 6.19. The van der Waals surface area contributed by atoms with Crippen LogP contribution in [0.1, 0.15) is 0 Å².